The van der Waals surface area contributed by atoms with Gasteiger partial charge in [-0.25, -0.2) is 9.97 Å². The van der Waals surface area contributed by atoms with Gasteiger partial charge in [-0.05, 0) is 36.8 Å². The smallest absolute Gasteiger partial charge is 0.271 e. The van der Waals surface area contributed by atoms with Crippen LogP contribution in [0.2, 0.25) is 0 Å². The molecular formula is C21H23N5O3. The second-order valence-electron chi connectivity index (χ2n) is 7.04. The predicted octanol–water partition coefficient (Wildman–Crippen LogP) is 2.55. The van der Waals surface area contributed by atoms with Gasteiger partial charge in [0.15, 0.2) is 11.5 Å². The van der Waals surface area contributed by atoms with Crippen LogP contribution in [0, 0.1) is 6.92 Å². The third kappa shape index (κ3) is 3.65. The number of rotatable bonds is 5. The summed E-state index contributed by atoms with van der Waals surface area (Å²) in [5.41, 5.74) is 2.48. The molecule has 2 atom stereocenters. The molecule has 1 aliphatic heterocycles. The molecule has 1 fully saturated rings. The maximum atomic E-state index is 12.9. The molecule has 1 aliphatic rings. The molecule has 29 heavy (non-hydrogen) atoms. The number of hydrogen-bond donors (Lipinski definition) is 1. The van der Waals surface area contributed by atoms with E-state index >= 15 is 0 Å². The fraction of sp³-hybridized carbons (Fsp3) is 0.333. The van der Waals surface area contributed by atoms with Crippen LogP contribution >= 0.6 is 0 Å². The minimum Gasteiger partial charge on any atom is -0.493 e. The highest BCUT2D eigenvalue weighted by molar-refractivity contribution is 5.92. The van der Waals surface area contributed by atoms with Crippen LogP contribution in [0.1, 0.15) is 39.4 Å². The summed E-state index contributed by atoms with van der Waals surface area (Å²) in [7, 11) is 3.24. The van der Waals surface area contributed by atoms with Crippen molar-refractivity contribution in [2.45, 2.75) is 18.8 Å². The molecule has 1 N–H and O–H groups in total. The molecule has 0 radical (unpaired) electrons. The fourth-order valence-electron chi connectivity index (χ4n) is 3.92. The molecule has 3 aromatic rings. The Morgan fingerprint density at radius 3 is 2.55 bits per heavy atom. The highest BCUT2D eigenvalue weighted by atomic mass is 16.5. The van der Waals surface area contributed by atoms with Gasteiger partial charge in [-0.3, -0.25) is 9.89 Å². The lowest BCUT2D eigenvalue weighted by molar-refractivity contribution is 0.0783. The summed E-state index contributed by atoms with van der Waals surface area (Å²) in [6.07, 6.45) is 3.35. The summed E-state index contributed by atoms with van der Waals surface area (Å²) in [4.78, 5) is 23.6. The Labute approximate surface area is 168 Å². The van der Waals surface area contributed by atoms with Crippen molar-refractivity contribution in [1.29, 1.82) is 0 Å². The Bertz CT molecular complexity index is 1010. The van der Waals surface area contributed by atoms with Crippen molar-refractivity contribution in [3.05, 3.63) is 65.5 Å². The van der Waals surface area contributed by atoms with Crippen molar-refractivity contribution in [2.24, 2.45) is 0 Å². The number of carbonyl (C=O) groups is 1. The Balaban J connectivity index is 1.71. The first-order valence-electron chi connectivity index (χ1n) is 9.40. The van der Waals surface area contributed by atoms with Gasteiger partial charge < -0.3 is 14.4 Å². The third-order valence-corrected chi connectivity index (χ3v) is 5.35. The molecular weight excluding hydrogens is 370 g/mol. The zero-order valence-corrected chi connectivity index (χ0v) is 16.6. The number of methoxy groups -OCH3 is 2. The minimum atomic E-state index is -0.0683. The highest BCUT2D eigenvalue weighted by Crippen LogP contribution is 2.41. The number of carbonyl (C=O) groups excluding carboxylic acids is 1. The summed E-state index contributed by atoms with van der Waals surface area (Å²) < 4.78 is 10.9. The first-order valence-corrected chi connectivity index (χ1v) is 9.40. The molecule has 1 saturated heterocycles. The van der Waals surface area contributed by atoms with Gasteiger partial charge in [-0.1, -0.05) is 6.07 Å². The molecule has 2 aromatic heterocycles. The van der Waals surface area contributed by atoms with Crippen LogP contribution in [-0.2, 0) is 0 Å². The Morgan fingerprint density at radius 1 is 1.07 bits per heavy atom. The topological polar surface area (TPSA) is 93.2 Å². The van der Waals surface area contributed by atoms with Crippen molar-refractivity contribution in [3.8, 4) is 11.5 Å². The normalized spacial score (nSPS) is 18.7. The molecule has 150 valence electrons. The van der Waals surface area contributed by atoms with Gasteiger partial charge in [-0.15, -0.1) is 0 Å². The van der Waals surface area contributed by atoms with Gasteiger partial charge in [0.1, 0.15) is 11.5 Å². The van der Waals surface area contributed by atoms with E-state index in [2.05, 4.69) is 20.2 Å². The van der Waals surface area contributed by atoms with Crippen LogP contribution in [0.4, 0.5) is 0 Å². The van der Waals surface area contributed by atoms with Crippen molar-refractivity contribution in [1.82, 2.24) is 25.1 Å². The average molecular weight is 393 g/mol. The van der Waals surface area contributed by atoms with E-state index in [1.807, 2.05) is 36.1 Å². The van der Waals surface area contributed by atoms with Crippen LogP contribution in [0.25, 0.3) is 0 Å². The van der Waals surface area contributed by atoms with E-state index in [0.717, 1.165) is 11.3 Å². The molecule has 4 rings (SSSR count). The largest absolute Gasteiger partial charge is 0.493 e. The predicted molar refractivity (Wildman–Crippen MR) is 106 cm³/mol. The summed E-state index contributed by atoms with van der Waals surface area (Å²) in [6, 6.07) is 9.52. The molecule has 0 spiro atoms. The Hall–Kier alpha value is -3.42. The van der Waals surface area contributed by atoms with E-state index in [9.17, 15) is 4.79 Å². The molecule has 8 heteroatoms. The van der Waals surface area contributed by atoms with Gasteiger partial charge in [-0.2, -0.15) is 5.10 Å². The van der Waals surface area contributed by atoms with E-state index in [0.29, 0.717) is 36.1 Å². The van der Waals surface area contributed by atoms with E-state index < -0.39 is 0 Å². The van der Waals surface area contributed by atoms with Crippen LogP contribution in [0.5, 0.6) is 11.5 Å². The Kier molecular flexibility index (Phi) is 5.16. The van der Waals surface area contributed by atoms with E-state index in [-0.39, 0.29) is 17.7 Å². The molecule has 1 aromatic carbocycles. The van der Waals surface area contributed by atoms with Gasteiger partial charge in [0.2, 0.25) is 0 Å². The van der Waals surface area contributed by atoms with E-state index in [1.54, 1.807) is 32.7 Å². The molecule has 0 bridgehead atoms. The number of aromatic amines is 1. The number of hydrogen-bond acceptors (Lipinski definition) is 6. The monoisotopic (exact) mass is 393 g/mol. The van der Waals surface area contributed by atoms with Crippen LogP contribution in [0.15, 0.2) is 42.7 Å². The van der Waals surface area contributed by atoms with Gasteiger partial charge >= 0.3 is 0 Å². The van der Waals surface area contributed by atoms with Gasteiger partial charge in [0.05, 0.1) is 14.2 Å². The zero-order chi connectivity index (χ0) is 20.4. The van der Waals surface area contributed by atoms with Gasteiger partial charge in [0.25, 0.3) is 5.91 Å². The lowest BCUT2D eigenvalue weighted by atomic mass is 9.86. The average Bonchev–Trinajstić information content (AvgIpc) is 3.43. The summed E-state index contributed by atoms with van der Waals surface area (Å²) >= 11 is 0. The highest BCUT2D eigenvalue weighted by Gasteiger charge is 2.39. The van der Waals surface area contributed by atoms with E-state index in [1.165, 1.54) is 0 Å². The van der Waals surface area contributed by atoms with Crippen LogP contribution in [-0.4, -0.2) is 58.3 Å². The molecule has 8 nitrogen and oxygen atoms in total. The summed E-state index contributed by atoms with van der Waals surface area (Å²) in [5.74, 6) is 2.10. The quantitative estimate of drug-likeness (QED) is 0.716. The summed E-state index contributed by atoms with van der Waals surface area (Å²) in [6.45, 7) is 3.01. The second kappa shape index (κ2) is 7.90. The van der Waals surface area contributed by atoms with Crippen molar-refractivity contribution >= 4 is 5.91 Å². The number of nitrogens with zero attached hydrogens (tertiary/aromatic N) is 4. The minimum absolute atomic E-state index is 0.0432. The number of nitrogens with one attached hydrogen (secondary N) is 1. The molecule has 0 aliphatic carbocycles. The number of ether oxygens (including phenoxy) is 2. The number of aromatic nitrogens is 4. The van der Waals surface area contributed by atoms with Crippen LogP contribution < -0.4 is 9.47 Å². The molecule has 3 heterocycles. The number of amides is 1. The molecule has 1 amide bonds. The van der Waals surface area contributed by atoms with E-state index in [4.69, 9.17) is 9.47 Å². The van der Waals surface area contributed by atoms with Crippen LogP contribution in [0.3, 0.4) is 0 Å². The lowest BCUT2D eigenvalue weighted by Gasteiger charge is -2.19. The van der Waals surface area contributed by atoms with Gasteiger partial charge in [0, 0.05) is 43.0 Å². The third-order valence-electron chi connectivity index (χ3n) is 5.35. The maximum absolute atomic E-state index is 12.9. The lowest BCUT2D eigenvalue weighted by Crippen LogP contribution is -2.29. The molecule has 0 saturated carbocycles. The Morgan fingerprint density at radius 2 is 1.86 bits per heavy atom. The SMILES string of the molecule is COc1ccc([C@@H]2CN(C(=O)c3ccn[nH]3)C[C@H]2c2ccnc(C)n2)cc1OC. The first kappa shape index (κ1) is 18.9. The number of H-pyrrole nitrogens is 1. The zero-order valence-electron chi connectivity index (χ0n) is 16.6. The standard InChI is InChI=1S/C21H23N5O3/c1-13-22-8-6-17(24-13)16-12-26(21(27)18-7-9-23-25-18)11-15(16)14-4-5-19(28-2)20(10-14)29-3/h4-10,15-16H,11-12H2,1-3H3,(H,23,25)/t15-,16+/m0/s1. The maximum Gasteiger partial charge on any atom is 0.271 e. The molecule has 0 unspecified atom stereocenters. The van der Waals surface area contributed by atoms with Crippen molar-refractivity contribution < 1.29 is 14.3 Å². The first-order chi connectivity index (χ1) is 14.1. The second-order valence-corrected chi connectivity index (χ2v) is 7.04. The number of benzene rings is 1. The summed E-state index contributed by atoms with van der Waals surface area (Å²) in [5, 5.41) is 6.66. The van der Waals surface area contributed by atoms with Crippen molar-refractivity contribution in [3.63, 3.8) is 0 Å². The fourth-order valence-corrected chi connectivity index (χ4v) is 3.92. The van der Waals surface area contributed by atoms with Crippen molar-refractivity contribution in [2.75, 3.05) is 27.3 Å². The number of likely N-dealkylation sites (tertiary alicyclic amines) is 1. The number of aryl methyl sites for hydroxylation is 1.